The van der Waals surface area contributed by atoms with Crippen molar-refractivity contribution in [3.05, 3.63) is 59.7 Å². The number of hydrogen-bond acceptors (Lipinski definition) is 5. The Morgan fingerprint density at radius 2 is 1.74 bits per heavy atom. The molecule has 3 rings (SSSR count). The number of nitrogens with one attached hydrogen (secondary N) is 1. The van der Waals surface area contributed by atoms with E-state index >= 15 is 0 Å². The van der Waals surface area contributed by atoms with E-state index in [-0.39, 0.29) is 18.4 Å². The number of carbonyl (C=O) groups is 3. The highest BCUT2D eigenvalue weighted by molar-refractivity contribution is 6.06. The minimum atomic E-state index is -0.765. The third kappa shape index (κ3) is 5.42. The number of hydrogen-bond donors (Lipinski definition) is 1. The van der Waals surface area contributed by atoms with E-state index in [2.05, 4.69) is 5.32 Å². The average Bonchev–Trinajstić information content (AvgIpc) is 2.69. The molecule has 2 aromatic rings. The molecule has 0 spiro atoms. The van der Waals surface area contributed by atoms with Crippen molar-refractivity contribution in [2.45, 2.75) is 38.8 Å². The number of para-hydroxylation sites is 1. The molecule has 0 fully saturated rings. The van der Waals surface area contributed by atoms with Gasteiger partial charge in [-0.15, -0.1) is 0 Å². The van der Waals surface area contributed by atoms with E-state index < -0.39 is 17.6 Å². The lowest BCUT2D eigenvalue weighted by Crippen LogP contribution is -2.54. The van der Waals surface area contributed by atoms with E-state index in [0.29, 0.717) is 17.7 Å². The number of carbonyl (C=O) groups excluding carboxylic acids is 3. The molecule has 1 aliphatic heterocycles. The fourth-order valence-electron chi connectivity index (χ4n) is 3.49. The second-order valence-electron chi connectivity index (χ2n) is 8.81. The highest BCUT2D eigenvalue weighted by atomic mass is 16.6. The maximum atomic E-state index is 13.2. The number of nitrogens with zero attached hydrogens (tertiary/aromatic N) is 2. The van der Waals surface area contributed by atoms with Gasteiger partial charge in [-0.3, -0.25) is 19.3 Å². The summed E-state index contributed by atoms with van der Waals surface area (Å²) in [7, 11) is 3.85. The van der Waals surface area contributed by atoms with Gasteiger partial charge in [0.15, 0.2) is 0 Å². The van der Waals surface area contributed by atoms with Crippen LogP contribution in [0.15, 0.2) is 48.5 Å². The van der Waals surface area contributed by atoms with E-state index in [0.717, 1.165) is 11.3 Å². The van der Waals surface area contributed by atoms with Gasteiger partial charge in [-0.1, -0.05) is 18.2 Å². The first-order valence-electron chi connectivity index (χ1n) is 10.2. The summed E-state index contributed by atoms with van der Waals surface area (Å²) in [4.78, 5) is 41.7. The predicted octanol–water partition coefficient (Wildman–Crippen LogP) is 2.78. The van der Waals surface area contributed by atoms with Gasteiger partial charge in [0.1, 0.15) is 18.2 Å². The van der Waals surface area contributed by atoms with Crippen LogP contribution >= 0.6 is 0 Å². The van der Waals surface area contributed by atoms with Crippen molar-refractivity contribution in [1.82, 2.24) is 5.32 Å². The van der Waals surface area contributed by atoms with E-state index in [1.165, 1.54) is 4.90 Å². The van der Waals surface area contributed by atoms with Crippen LogP contribution in [0.25, 0.3) is 0 Å². The summed E-state index contributed by atoms with van der Waals surface area (Å²) in [6.45, 7) is 5.13. The normalized spacial score (nSPS) is 15.8. The van der Waals surface area contributed by atoms with Crippen LogP contribution < -0.4 is 15.1 Å². The summed E-state index contributed by atoms with van der Waals surface area (Å²) in [5.74, 6) is -1.16. The molecule has 0 bridgehead atoms. The first-order valence-corrected chi connectivity index (χ1v) is 10.2. The van der Waals surface area contributed by atoms with Crippen molar-refractivity contribution in [3.8, 4) is 0 Å². The van der Waals surface area contributed by atoms with Crippen LogP contribution in [-0.2, 0) is 20.7 Å². The van der Waals surface area contributed by atoms with E-state index in [1.807, 2.05) is 49.3 Å². The van der Waals surface area contributed by atoms with Gasteiger partial charge in [0.25, 0.3) is 5.91 Å². The highest BCUT2D eigenvalue weighted by Crippen LogP contribution is 2.28. The third-order valence-electron chi connectivity index (χ3n) is 4.93. The van der Waals surface area contributed by atoms with Gasteiger partial charge >= 0.3 is 5.97 Å². The molecule has 2 amide bonds. The summed E-state index contributed by atoms with van der Waals surface area (Å²) < 4.78 is 5.40. The minimum absolute atomic E-state index is 0.211. The van der Waals surface area contributed by atoms with Crippen molar-refractivity contribution in [3.63, 3.8) is 0 Å². The van der Waals surface area contributed by atoms with Gasteiger partial charge in [-0.2, -0.15) is 0 Å². The Balaban J connectivity index is 1.79. The SMILES string of the molecule is CN(C)c1ccc(C(=O)NC2Cc3ccccc3N(CC(=O)OC(C)(C)C)C2=O)cc1. The monoisotopic (exact) mass is 423 g/mol. The van der Waals surface area contributed by atoms with Crippen molar-refractivity contribution >= 4 is 29.2 Å². The summed E-state index contributed by atoms with van der Waals surface area (Å²) in [6, 6.07) is 13.8. The maximum Gasteiger partial charge on any atom is 0.326 e. The zero-order valence-corrected chi connectivity index (χ0v) is 18.6. The number of ether oxygens (including phenoxy) is 1. The molecule has 0 saturated carbocycles. The largest absolute Gasteiger partial charge is 0.459 e. The Kier molecular flexibility index (Phi) is 6.34. The second kappa shape index (κ2) is 8.79. The molecule has 7 nitrogen and oxygen atoms in total. The molecule has 1 aliphatic rings. The Bertz CT molecular complexity index is 977. The lowest BCUT2D eigenvalue weighted by molar-refractivity contribution is -0.153. The fraction of sp³-hybridized carbons (Fsp3) is 0.375. The standard InChI is InChI=1S/C24H29N3O4/c1-24(2,3)31-21(28)15-27-20-9-7-6-8-17(20)14-19(23(27)30)25-22(29)16-10-12-18(13-11-16)26(4)5/h6-13,19H,14-15H2,1-5H3,(H,25,29). The van der Waals surface area contributed by atoms with Crippen molar-refractivity contribution in [1.29, 1.82) is 0 Å². The maximum absolute atomic E-state index is 13.2. The number of benzene rings is 2. The first kappa shape index (κ1) is 22.3. The first-order chi connectivity index (χ1) is 14.5. The zero-order chi connectivity index (χ0) is 22.8. The molecule has 0 saturated heterocycles. The smallest absolute Gasteiger partial charge is 0.326 e. The van der Waals surface area contributed by atoms with Gasteiger partial charge in [-0.25, -0.2) is 0 Å². The quantitative estimate of drug-likeness (QED) is 0.748. The van der Waals surface area contributed by atoms with Crippen molar-refractivity contribution < 1.29 is 19.1 Å². The van der Waals surface area contributed by atoms with Crippen LogP contribution in [-0.4, -0.2) is 50.1 Å². The van der Waals surface area contributed by atoms with Gasteiger partial charge in [0.2, 0.25) is 5.91 Å². The van der Waals surface area contributed by atoms with E-state index in [9.17, 15) is 14.4 Å². The van der Waals surface area contributed by atoms with Crippen LogP contribution in [0.5, 0.6) is 0 Å². The Hall–Kier alpha value is -3.35. The lowest BCUT2D eigenvalue weighted by atomic mass is 9.96. The van der Waals surface area contributed by atoms with Gasteiger partial charge in [0, 0.05) is 37.5 Å². The predicted molar refractivity (Wildman–Crippen MR) is 120 cm³/mol. The van der Waals surface area contributed by atoms with Crippen molar-refractivity contribution in [2.24, 2.45) is 0 Å². The molecule has 1 N–H and O–H groups in total. The Morgan fingerprint density at radius 1 is 1.10 bits per heavy atom. The van der Waals surface area contributed by atoms with Crippen molar-refractivity contribution in [2.75, 3.05) is 30.4 Å². The molecule has 0 aliphatic carbocycles. The topological polar surface area (TPSA) is 79.0 Å². The number of anilines is 2. The summed E-state index contributed by atoms with van der Waals surface area (Å²) in [5, 5.41) is 2.83. The molecule has 1 atom stereocenters. The summed E-state index contributed by atoms with van der Waals surface area (Å²) in [6.07, 6.45) is 0.362. The van der Waals surface area contributed by atoms with Crippen LogP contribution in [0, 0.1) is 0 Å². The van der Waals surface area contributed by atoms with E-state index in [4.69, 9.17) is 4.74 Å². The Morgan fingerprint density at radius 3 is 2.35 bits per heavy atom. The third-order valence-corrected chi connectivity index (χ3v) is 4.93. The molecule has 164 valence electrons. The molecule has 0 aromatic heterocycles. The number of fused-ring (bicyclic) bond motifs is 1. The minimum Gasteiger partial charge on any atom is -0.459 e. The molecular weight excluding hydrogens is 394 g/mol. The molecule has 1 heterocycles. The number of amides is 2. The fourth-order valence-corrected chi connectivity index (χ4v) is 3.49. The average molecular weight is 424 g/mol. The molecule has 1 unspecified atom stereocenters. The molecule has 31 heavy (non-hydrogen) atoms. The van der Waals surface area contributed by atoms with E-state index in [1.54, 1.807) is 39.0 Å². The second-order valence-corrected chi connectivity index (χ2v) is 8.81. The zero-order valence-electron chi connectivity index (χ0n) is 18.6. The van der Waals surface area contributed by atoms with Crippen LogP contribution in [0.1, 0.15) is 36.7 Å². The van der Waals surface area contributed by atoms with Crippen LogP contribution in [0.4, 0.5) is 11.4 Å². The summed E-state index contributed by atoms with van der Waals surface area (Å²) in [5.41, 5.74) is 2.35. The highest BCUT2D eigenvalue weighted by Gasteiger charge is 2.35. The van der Waals surface area contributed by atoms with Crippen LogP contribution in [0.3, 0.4) is 0 Å². The molecule has 7 heteroatoms. The summed E-state index contributed by atoms with van der Waals surface area (Å²) >= 11 is 0. The van der Waals surface area contributed by atoms with Gasteiger partial charge in [-0.05, 0) is 56.7 Å². The molecule has 0 radical (unpaired) electrons. The van der Waals surface area contributed by atoms with Gasteiger partial charge in [0.05, 0.1) is 0 Å². The lowest BCUT2D eigenvalue weighted by Gasteiger charge is -2.34. The Labute approximate surface area is 183 Å². The number of esters is 1. The number of rotatable bonds is 5. The van der Waals surface area contributed by atoms with Gasteiger partial charge < -0.3 is 15.0 Å². The van der Waals surface area contributed by atoms with Crippen LogP contribution in [0.2, 0.25) is 0 Å². The molecule has 2 aromatic carbocycles. The molecular formula is C24H29N3O4.